The molecule has 5 nitrogen and oxygen atoms in total. The number of halogens is 1. The quantitative estimate of drug-likeness (QED) is 0.796. The molecule has 94 valence electrons. The number of H-pyrrole nitrogens is 1. The van der Waals surface area contributed by atoms with Crippen molar-refractivity contribution in [1.29, 1.82) is 0 Å². The molecule has 1 aromatic heterocycles. The number of carboxylic acids is 1. The number of phenolic OH excluding ortho intramolecular Hbond substituents is 1. The summed E-state index contributed by atoms with van der Waals surface area (Å²) in [6.45, 7) is 3.76. The van der Waals surface area contributed by atoms with E-state index in [2.05, 4.69) is 26.1 Å². The van der Waals surface area contributed by atoms with Crippen molar-refractivity contribution in [3.8, 4) is 17.0 Å². The predicted octanol–water partition coefficient (Wildman–Crippen LogP) is 2.86. The number of rotatable bonds is 2. The van der Waals surface area contributed by atoms with Crippen molar-refractivity contribution in [2.45, 2.75) is 13.8 Å². The first-order chi connectivity index (χ1) is 8.41. The van der Waals surface area contributed by atoms with Gasteiger partial charge in [0.2, 0.25) is 0 Å². The van der Waals surface area contributed by atoms with Gasteiger partial charge in [0.25, 0.3) is 0 Å². The molecule has 18 heavy (non-hydrogen) atoms. The zero-order chi connectivity index (χ0) is 13.4. The van der Waals surface area contributed by atoms with E-state index in [0.29, 0.717) is 15.7 Å². The van der Waals surface area contributed by atoms with Gasteiger partial charge in [-0.3, -0.25) is 5.10 Å². The van der Waals surface area contributed by atoms with Gasteiger partial charge in [0.05, 0.1) is 10.2 Å². The summed E-state index contributed by atoms with van der Waals surface area (Å²) in [7, 11) is 0. The monoisotopic (exact) mass is 310 g/mol. The maximum absolute atomic E-state index is 10.8. The third kappa shape index (κ3) is 1.99. The lowest BCUT2D eigenvalue weighted by Gasteiger charge is -2.10. The molecule has 3 N–H and O–H groups in total. The third-order valence-electron chi connectivity index (χ3n) is 2.84. The second-order valence-corrected chi connectivity index (χ2v) is 4.85. The van der Waals surface area contributed by atoms with Crippen LogP contribution in [0.5, 0.6) is 5.75 Å². The van der Waals surface area contributed by atoms with Crippen LogP contribution < -0.4 is 0 Å². The lowest BCUT2D eigenvalue weighted by atomic mass is 9.99. The van der Waals surface area contributed by atoms with Gasteiger partial charge in [0, 0.05) is 5.56 Å². The highest BCUT2D eigenvalue weighted by Crippen LogP contribution is 2.39. The zero-order valence-corrected chi connectivity index (χ0v) is 11.4. The van der Waals surface area contributed by atoms with Gasteiger partial charge in [-0.15, -0.1) is 0 Å². The van der Waals surface area contributed by atoms with Gasteiger partial charge < -0.3 is 10.2 Å². The summed E-state index contributed by atoms with van der Waals surface area (Å²) >= 11 is 3.26. The van der Waals surface area contributed by atoms with Crippen LogP contribution in [0.1, 0.15) is 21.6 Å². The number of aromatic hydroxyl groups is 1. The Balaban J connectivity index is 2.66. The summed E-state index contributed by atoms with van der Waals surface area (Å²) in [5, 5.41) is 25.3. The third-order valence-corrected chi connectivity index (χ3v) is 3.44. The molecule has 0 fully saturated rings. The van der Waals surface area contributed by atoms with Gasteiger partial charge in [-0.25, -0.2) is 4.79 Å². The number of carboxylic acid groups (broad SMARTS) is 1. The number of hydrogen-bond donors (Lipinski definition) is 3. The molecule has 0 unspecified atom stereocenters. The standard InChI is InChI=1S/C12H11BrN2O3/c1-5-3-7(13)11(16)10(6(5)2)8-4-9(12(17)18)15-14-8/h3-4,16H,1-2H3,(H,14,15)(H,17,18). The normalized spacial score (nSPS) is 10.6. The average molecular weight is 311 g/mol. The van der Waals surface area contributed by atoms with E-state index in [1.165, 1.54) is 6.07 Å². The number of aromatic amines is 1. The van der Waals surface area contributed by atoms with Crippen molar-refractivity contribution >= 4 is 21.9 Å². The highest BCUT2D eigenvalue weighted by molar-refractivity contribution is 9.10. The fraction of sp³-hybridized carbons (Fsp3) is 0.167. The Morgan fingerprint density at radius 3 is 2.61 bits per heavy atom. The van der Waals surface area contributed by atoms with Crippen molar-refractivity contribution < 1.29 is 15.0 Å². The first-order valence-corrected chi connectivity index (χ1v) is 5.99. The summed E-state index contributed by atoms with van der Waals surface area (Å²) in [6, 6.07) is 3.20. The van der Waals surface area contributed by atoms with Crippen molar-refractivity contribution in [2.24, 2.45) is 0 Å². The summed E-state index contributed by atoms with van der Waals surface area (Å²) in [4.78, 5) is 10.8. The minimum absolute atomic E-state index is 0.0126. The fourth-order valence-corrected chi connectivity index (χ4v) is 2.28. The molecular formula is C12H11BrN2O3. The van der Waals surface area contributed by atoms with Crippen molar-refractivity contribution in [2.75, 3.05) is 0 Å². The van der Waals surface area contributed by atoms with Gasteiger partial charge in [0.1, 0.15) is 11.4 Å². The van der Waals surface area contributed by atoms with Crippen molar-refractivity contribution in [1.82, 2.24) is 10.2 Å². The summed E-state index contributed by atoms with van der Waals surface area (Å²) in [5.41, 5.74) is 2.77. The van der Waals surface area contributed by atoms with Crippen LogP contribution >= 0.6 is 15.9 Å². The Morgan fingerprint density at radius 2 is 2.06 bits per heavy atom. The Kier molecular flexibility index (Phi) is 3.13. The number of aromatic carboxylic acids is 1. The molecule has 0 radical (unpaired) electrons. The van der Waals surface area contributed by atoms with Crippen molar-refractivity contribution in [3.05, 3.63) is 33.4 Å². The fourth-order valence-electron chi connectivity index (χ4n) is 1.73. The molecule has 6 heteroatoms. The lowest BCUT2D eigenvalue weighted by Crippen LogP contribution is -1.95. The highest BCUT2D eigenvalue weighted by Gasteiger charge is 2.17. The maximum atomic E-state index is 10.8. The van der Waals surface area contributed by atoms with Crippen molar-refractivity contribution in [3.63, 3.8) is 0 Å². The van der Waals surface area contributed by atoms with Gasteiger partial charge in [-0.2, -0.15) is 5.10 Å². The summed E-state index contributed by atoms with van der Waals surface area (Å²) in [6.07, 6.45) is 0. The van der Waals surface area contributed by atoms with Crippen LogP contribution in [-0.2, 0) is 0 Å². The molecule has 0 amide bonds. The van der Waals surface area contributed by atoms with E-state index in [1.54, 1.807) is 6.07 Å². The number of benzene rings is 1. The van der Waals surface area contributed by atoms with Crippen LogP contribution in [0.25, 0.3) is 11.3 Å². The minimum atomic E-state index is -1.09. The molecule has 0 saturated carbocycles. The number of nitrogens with one attached hydrogen (secondary N) is 1. The van der Waals surface area contributed by atoms with Crippen LogP contribution in [0.4, 0.5) is 0 Å². The van der Waals surface area contributed by atoms with Gasteiger partial charge in [0.15, 0.2) is 0 Å². The maximum Gasteiger partial charge on any atom is 0.353 e. The van der Waals surface area contributed by atoms with E-state index in [-0.39, 0.29) is 11.4 Å². The smallest absolute Gasteiger partial charge is 0.353 e. The van der Waals surface area contributed by atoms with E-state index in [1.807, 2.05) is 13.8 Å². The number of aromatic nitrogens is 2. The molecule has 2 aromatic rings. The Hall–Kier alpha value is -1.82. The van der Waals surface area contributed by atoms with Crippen LogP contribution in [-0.4, -0.2) is 26.4 Å². The molecule has 0 aliphatic carbocycles. The topological polar surface area (TPSA) is 86.2 Å². The highest BCUT2D eigenvalue weighted by atomic mass is 79.9. The van der Waals surface area contributed by atoms with E-state index in [9.17, 15) is 9.90 Å². The molecule has 0 saturated heterocycles. The van der Waals surface area contributed by atoms with Crippen LogP contribution in [0.3, 0.4) is 0 Å². The SMILES string of the molecule is Cc1cc(Br)c(O)c(-c2cc(C(=O)O)[nH]n2)c1C. The molecule has 0 aliphatic heterocycles. The van der Waals surface area contributed by atoms with E-state index < -0.39 is 5.97 Å². The van der Waals surface area contributed by atoms with Gasteiger partial charge >= 0.3 is 5.97 Å². The lowest BCUT2D eigenvalue weighted by molar-refractivity contribution is 0.0690. The molecule has 0 bridgehead atoms. The molecule has 1 heterocycles. The second-order valence-electron chi connectivity index (χ2n) is 4.00. The van der Waals surface area contributed by atoms with E-state index >= 15 is 0 Å². The molecular weight excluding hydrogens is 300 g/mol. The average Bonchev–Trinajstić information content (AvgIpc) is 2.76. The van der Waals surface area contributed by atoms with Gasteiger partial charge in [-0.1, -0.05) is 0 Å². The summed E-state index contributed by atoms with van der Waals surface area (Å²) < 4.78 is 0.556. The predicted molar refractivity (Wildman–Crippen MR) is 69.8 cm³/mol. The van der Waals surface area contributed by atoms with Gasteiger partial charge in [-0.05, 0) is 53.0 Å². The number of carbonyl (C=O) groups is 1. The molecule has 0 atom stereocenters. The number of hydrogen-bond acceptors (Lipinski definition) is 3. The zero-order valence-electron chi connectivity index (χ0n) is 9.78. The van der Waals surface area contributed by atoms with E-state index in [0.717, 1.165) is 11.1 Å². The second kappa shape index (κ2) is 4.45. The van der Waals surface area contributed by atoms with Crippen LogP contribution in [0.2, 0.25) is 0 Å². The Labute approximate surface area is 112 Å². The Bertz CT molecular complexity index is 608. The van der Waals surface area contributed by atoms with E-state index in [4.69, 9.17) is 5.11 Å². The largest absolute Gasteiger partial charge is 0.506 e. The molecule has 0 spiro atoms. The molecule has 1 aromatic carbocycles. The van der Waals surface area contributed by atoms with Crippen LogP contribution in [0.15, 0.2) is 16.6 Å². The number of nitrogens with zero attached hydrogens (tertiary/aromatic N) is 1. The first kappa shape index (κ1) is 12.6. The first-order valence-electron chi connectivity index (χ1n) is 5.19. The number of aryl methyl sites for hydroxylation is 1. The molecule has 2 rings (SSSR count). The minimum Gasteiger partial charge on any atom is -0.506 e. The Morgan fingerprint density at radius 1 is 1.39 bits per heavy atom. The molecule has 0 aliphatic rings. The number of phenols is 1. The summed E-state index contributed by atoms with van der Waals surface area (Å²) in [5.74, 6) is -1.03. The van der Waals surface area contributed by atoms with Crippen LogP contribution in [0, 0.1) is 13.8 Å².